The molecule has 1 atom stereocenters. The maximum atomic E-state index is 13.5. The highest BCUT2D eigenvalue weighted by atomic mass is 16.7. The van der Waals surface area contributed by atoms with E-state index in [0.29, 0.717) is 30.0 Å². The Morgan fingerprint density at radius 1 is 1.11 bits per heavy atom. The molecule has 2 aliphatic rings. The van der Waals surface area contributed by atoms with Crippen LogP contribution < -0.4 is 9.47 Å². The number of rotatable bonds is 4. The van der Waals surface area contributed by atoms with Gasteiger partial charge in [-0.1, -0.05) is 24.3 Å². The minimum absolute atomic E-state index is 0.161. The van der Waals surface area contributed by atoms with E-state index in [1.165, 1.54) is 29.8 Å². The molecule has 1 aromatic heterocycles. The van der Waals surface area contributed by atoms with Gasteiger partial charge in [0, 0.05) is 35.3 Å². The van der Waals surface area contributed by atoms with Gasteiger partial charge in [-0.05, 0) is 59.5 Å². The van der Waals surface area contributed by atoms with Crippen molar-refractivity contribution >= 4 is 28.6 Å². The van der Waals surface area contributed by atoms with Crippen LogP contribution in [0.25, 0.3) is 17.0 Å². The van der Waals surface area contributed by atoms with Crippen LogP contribution in [-0.4, -0.2) is 39.2 Å². The minimum atomic E-state index is -0.657. The molecule has 0 fully saturated rings. The number of nitrogens with one attached hydrogen (secondary N) is 1. The van der Waals surface area contributed by atoms with Crippen molar-refractivity contribution in [2.75, 3.05) is 13.3 Å². The second kappa shape index (κ2) is 8.46. The van der Waals surface area contributed by atoms with E-state index in [4.69, 9.17) is 9.47 Å². The number of fused-ring (bicyclic) bond motifs is 4. The molecular weight excluding hydrogens is 462 g/mol. The normalized spacial score (nSPS) is 16.4. The van der Waals surface area contributed by atoms with Gasteiger partial charge in [-0.25, -0.2) is 0 Å². The smallest absolute Gasteiger partial charge is 0.310 e. The fraction of sp³-hybridized carbons (Fsp3) is 0.148. The summed E-state index contributed by atoms with van der Waals surface area (Å²) in [5.74, 6) is 0.635. The first kappa shape index (κ1) is 21.7. The van der Waals surface area contributed by atoms with Crippen LogP contribution in [-0.2, 0) is 11.2 Å². The van der Waals surface area contributed by atoms with Crippen LogP contribution in [0, 0.1) is 10.1 Å². The highest BCUT2D eigenvalue weighted by Crippen LogP contribution is 2.42. The van der Waals surface area contributed by atoms with Crippen molar-refractivity contribution in [2.24, 2.45) is 0 Å². The average molecular weight is 483 g/mol. The first-order valence-corrected chi connectivity index (χ1v) is 11.4. The molecule has 36 heavy (non-hydrogen) atoms. The predicted molar refractivity (Wildman–Crippen MR) is 132 cm³/mol. The van der Waals surface area contributed by atoms with Gasteiger partial charge in [0.15, 0.2) is 17.2 Å². The molecule has 6 rings (SSSR count). The summed E-state index contributed by atoms with van der Waals surface area (Å²) in [5.41, 5.74) is 4.14. The number of H-pyrrole nitrogens is 1. The zero-order valence-electron chi connectivity index (χ0n) is 19.0. The molecule has 9 nitrogen and oxygen atoms in total. The fourth-order valence-electron chi connectivity index (χ4n) is 4.97. The van der Waals surface area contributed by atoms with Crippen LogP contribution in [0.2, 0.25) is 0 Å². The van der Waals surface area contributed by atoms with Gasteiger partial charge in [0.1, 0.15) is 0 Å². The Labute approximate surface area is 205 Å². The highest BCUT2D eigenvalue weighted by Gasteiger charge is 2.34. The Morgan fingerprint density at radius 2 is 1.94 bits per heavy atom. The number of hydrogen-bond acceptors (Lipinski definition) is 6. The number of carbonyl (C=O) groups is 1. The van der Waals surface area contributed by atoms with Crippen molar-refractivity contribution in [3.63, 3.8) is 0 Å². The number of aromatic nitrogens is 1. The van der Waals surface area contributed by atoms with E-state index in [2.05, 4.69) is 11.1 Å². The lowest BCUT2D eigenvalue weighted by Gasteiger charge is -2.35. The van der Waals surface area contributed by atoms with E-state index in [1.54, 1.807) is 11.0 Å². The zero-order valence-corrected chi connectivity index (χ0v) is 19.0. The minimum Gasteiger partial charge on any atom is -0.502 e. The van der Waals surface area contributed by atoms with E-state index < -0.39 is 10.7 Å². The van der Waals surface area contributed by atoms with Gasteiger partial charge in [0.05, 0.1) is 11.0 Å². The number of nitro groups is 1. The molecule has 0 radical (unpaired) electrons. The number of carbonyl (C=O) groups excluding carboxylic acids is 1. The molecule has 4 aromatic rings. The molecule has 0 bridgehead atoms. The van der Waals surface area contributed by atoms with Crippen molar-refractivity contribution < 1.29 is 24.3 Å². The van der Waals surface area contributed by atoms with Crippen LogP contribution >= 0.6 is 0 Å². The molecule has 3 heterocycles. The number of para-hydroxylation sites is 1. The Kier molecular flexibility index (Phi) is 5.10. The lowest BCUT2D eigenvalue weighted by molar-refractivity contribution is -0.385. The molecular formula is C27H21N3O6. The fourth-order valence-corrected chi connectivity index (χ4v) is 4.97. The average Bonchev–Trinajstić information content (AvgIpc) is 3.50. The Balaban J connectivity index is 1.38. The SMILES string of the molecule is O=C(C=Cc1ccc([N+](=O)[O-])c(O)c1)N1CCc2c([nH]c3ccccc23)C1c1ccc2c(c1)OCO2. The van der Waals surface area contributed by atoms with Crippen molar-refractivity contribution in [1.82, 2.24) is 9.88 Å². The van der Waals surface area contributed by atoms with Gasteiger partial charge in [-0.3, -0.25) is 14.9 Å². The number of ether oxygens (including phenoxy) is 2. The van der Waals surface area contributed by atoms with Crippen LogP contribution in [0.5, 0.6) is 17.2 Å². The molecule has 0 saturated heterocycles. The molecule has 1 unspecified atom stereocenters. The van der Waals surface area contributed by atoms with Gasteiger partial charge in [0.25, 0.3) is 0 Å². The zero-order chi connectivity index (χ0) is 24.8. The van der Waals surface area contributed by atoms with E-state index in [9.17, 15) is 20.0 Å². The van der Waals surface area contributed by atoms with Crippen LogP contribution in [0.4, 0.5) is 5.69 Å². The number of aromatic hydroxyl groups is 1. The van der Waals surface area contributed by atoms with E-state index >= 15 is 0 Å². The molecule has 9 heteroatoms. The van der Waals surface area contributed by atoms with Crippen LogP contribution in [0.15, 0.2) is 66.7 Å². The predicted octanol–water partition coefficient (Wildman–Crippen LogP) is 4.70. The lowest BCUT2D eigenvalue weighted by atomic mass is 9.92. The van der Waals surface area contributed by atoms with E-state index in [0.717, 1.165) is 22.2 Å². The molecule has 0 aliphatic carbocycles. The first-order valence-electron chi connectivity index (χ1n) is 11.4. The summed E-state index contributed by atoms with van der Waals surface area (Å²) in [6.07, 6.45) is 3.66. The van der Waals surface area contributed by atoms with Gasteiger partial charge < -0.3 is 24.5 Å². The van der Waals surface area contributed by atoms with Crippen molar-refractivity contribution in [3.8, 4) is 17.2 Å². The van der Waals surface area contributed by atoms with Crippen molar-refractivity contribution in [1.29, 1.82) is 0 Å². The summed E-state index contributed by atoms with van der Waals surface area (Å²) in [6, 6.07) is 17.4. The number of aromatic amines is 1. The first-order chi connectivity index (χ1) is 17.5. The number of phenolic OH excluding ortho intramolecular Hbond substituents is 1. The third kappa shape index (κ3) is 3.61. The second-order valence-electron chi connectivity index (χ2n) is 8.70. The molecule has 3 aromatic carbocycles. The Bertz CT molecular complexity index is 1560. The largest absolute Gasteiger partial charge is 0.502 e. The maximum absolute atomic E-state index is 13.5. The number of hydrogen-bond donors (Lipinski definition) is 2. The number of nitro benzene ring substituents is 1. The van der Waals surface area contributed by atoms with Gasteiger partial charge in [0.2, 0.25) is 12.7 Å². The molecule has 0 saturated carbocycles. The molecule has 2 N–H and O–H groups in total. The third-order valence-corrected chi connectivity index (χ3v) is 6.64. The second-order valence-corrected chi connectivity index (χ2v) is 8.70. The molecule has 180 valence electrons. The van der Waals surface area contributed by atoms with Crippen LogP contribution in [0.3, 0.4) is 0 Å². The summed E-state index contributed by atoms with van der Waals surface area (Å²) in [5, 5.41) is 22.0. The van der Waals surface area contributed by atoms with Gasteiger partial charge in [-0.15, -0.1) is 0 Å². The number of amides is 1. The molecule has 1 amide bonds. The maximum Gasteiger partial charge on any atom is 0.310 e. The summed E-state index contributed by atoms with van der Waals surface area (Å²) in [4.78, 5) is 29.1. The third-order valence-electron chi connectivity index (χ3n) is 6.64. The Morgan fingerprint density at radius 3 is 2.78 bits per heavy atom. The highest BCUT2D eigenvalue weighted by molar-refractivity contribution is 5.93. The number of benzene rings is 3. The van der Waals surface area contributed by atoms with Gasteiger partial charge in [-0.2, -0.15) is 0 Å². The molecule has 2 aliphatic heterocycles. The van der Waals surface area contributed by atoms with Gasteiger partial charge >= 0.3 is 5.69 Å². The van der Waals surface area contributed by atoms with E-state index in [1.807, 2.05) is 36.4 Å². The molecule has 0 spiro atoms. The topological polar surface area (TPSA) is 118 Å². The summed E-state index contributed by atoms with van der Waals surface area (Å²) < 4.78 is 11.1. The van der Waals surface area contributed by atoms with Crippen LogP contribution in [0.1, 0.15) is 28.4 Å². The lowest BCUT2D eigenvalue weighted by Crippen LogP contribution is -2.39. The number of phenols is 1. The monoisotopic (exact) mass is 483 g/mol. The van der Waals surface area contributed by atoms with Crippen molar-refractivity contribution in [3.05, 3.63) is 99.2 Å². The summed E-state index contributed by atoms with van der Waals surface area (Å²) >= 11 is 0. The van der Waals surface area contributed by atoms with Crippen molar-refractivity contribution in [2.45, 2.75) is 12.5 Å². The van der Waals surface area contributed by atoms with E-state index in [-0.39, 0.29) is 24.4 Å². The number of nitrogens with zero attached hydrogens (tertiary/aromatic N) is 2. The standard InChI is InChI=1S/C27H21N3O6/c31-22-13-16(5-8-21(22)30(33)34)6-10-25(32)29-12-11-19-18-3-1-2-4-20(18)28-26(19)27(29)17-7-9-23-24(14-17)36-15-35-23/h1-10,13-14,27-28,31H,11-12,15H2. The Hall–Kier alpha value is -4.79. The summed E-state index contributed by atoms with van der Waals surface area (Å²) in [6.45, 7) is 0.664. The summed E-state index contributed by atoms with van der Waals surface area (Å²) in [7, 11) is 0. The quantitative estimate of drug-likeness (QED) is 0.247.